The Bertz CT molecular complexity index is 1090. The molecule has 3 heterocycles. The molecule has 28 heavy (non-hydrogen) atoms. The third kappa shape index (κ3) is 3.97. The molecule has 0 aliphatic rings. The van der Waals surface area contributed by atoms with Crippen molar-refractivity contribution < 1.29 is 9.53 Å². The fourth-order valence-electron chi connectivity index (χ4n) is 2.75. The van der Waals surface area contributed by atoms with E-state index in [1.807, 2.05) is 18.2 Å². The number of hydrogen-bond donors (Lipinski definition) is 3. The molecule has 4 aromatic rings. The number of nitrogens with two attached hydrogens (primary N) is 1. The number of aromatic amines is 1. The maximum Gasteiger partial charge on any atom is 0.251 e. The van der Waals surface area contributed by atoms with E-state index in [0.717, 1.165) is 16.7 Å². The van der Waals surface area contributed by atoms with Crippen LogP contribution in [0.2, 0.25) is 0 Å². The molecule has 3 aromatic heterocycles. The first kappa shape index (κ1) is 17.6. The average Bonchev–Trinajstić information content (AvgIpc) is 3.15. The van der Waals surface area contributed by atoms with Crippen molar-refractivity contribution in [2.45, 2.75) is 13.1 Å². The van der Waals surface area contributed by atoms with E-state index < -0.39 is 0 Å². The Balaban J connectivity index is 1.43. The molecule has 1 aromatic carbocycles. The summed E-state index contributed by atoms with van der Waals surface area (Å²) >= 11 is 0. The summed E-state index contributed by atoms with van der Waals surface area (Å²) in [6, 6.07) is 14.4. The van der Waals surface area contributed by atoms with Crippen molar-refractivity contribution in [2.24, 2.45) is 5.73 Å². The minimum Gasteiger partial charge on any atom is -0.439 e. The second-order valence-corrected chi connectivity index (χ2v) is 6.10. The molecular weight excluding hydrogens is 356 g/mol. The summed E-state index contributed by atoms with van der Waals surface area (Å²) in [6.45, 7) is 0.663. The molecule has 1 amide bonds. The van der Waals surface area contributed by atoms with Gasteiger partial charge in [-0.2, -0.15) is 0 Å². The lowest BCUT2D eigenvalue weighted by atomic mass is 10.2. The summed E-state index contributed by atoms with van der Waals surface area (Å²) < 4.78 is 5.71. The largest absolute Gasteiger partial charge is 0.439 e. The van der Waals surface area contributed by atoms with Gasteiger partial charge >= 0.3 is 0 Å². The Morgan fingerprint density at radius 2 is 2.04 bits per heavy atom. The van der Waals surface area contributed by atoms with E-state index in [1.54, 1.807) is 36.5 Å². The van der Waals surface area contributed by atoms with Crippen molar-refractivity contribution in [2.75, 3.05) is 0 Å². The van der Waals surface area contributed by atoms with Crippen LogP contribution >= 0.6 is 0 Å². The van der Waals surface area contributed by atoms with E-state index in [1.165, 1.54) is 6.33 Å². The number of ether oxygens (including phenoxy) is 1. The number of benzene rings is 1. The van der Waals surface area contributed by atoms with Crippen LogP contribution in [0.25, 0.3) is 11.0 Å². The summed E-state index contributed by atoms with van der Waals surface area (Å²) in [5.41, 5.74) is 8.41. The van der Waals surface area contributed by atoms with Gasteiger partial charge in [0.05, 0.1) is 12.2 Å². The highest BCUT2D eigenvalue weighted by Gasteiger charge is 2.09. The number of H-pyrrole nitrogens is 1. The minimum atomic E-state index is -0.206. The number of pyridine rings is 1. The van der Waals surface area contributed by atoms with Gasteiger partial charge in [0.25, 0.3) is 5.91 Å². The van der Waals surface area contributed by atoms with E-state index in [4.69, 9.17) is 10.5 Å². The first-order valence-electron chi connectivity index (χ1n) is 8.71. The highest BCUT2D eigenvalue weighted by molar-refractivity contribution is 5.94. The van der Waals surface area contributed by atoms with Crippen LogP contribution in [0.4, 0.5) is 0 Å². The lowest BCUT2D eigenvalue weighted by Gasteiger charge is -2.08. The van der Waals surface area contributed by atoms with Crippen LogP contribution in [0.3, 0.4) is 0 Å². The van der Waals surface area contributed by atoms with Gasteiger partial charge in [-0.25, -0.2) is 15.0 Å². The molecule has 4 rings (SSSR count). The SMILES string of the molecule is NCc1cc(Oc2cccc(C(=O)NCc3cc4cccnc4[nH]3)c2)ncn1. The fraction of sp³-hybridized carbons (Fsp3) is 0.100. The van der Waals surface area contributed by atoms with Crippen molar-refractivity contribution in [1.29, 1.82) is 0 Å². The van der Waals surface area contributed by atoms with Crippen LogP contribution in [0.5, 0.6) is 11.6 Å². The lowest BCUT2D eigenvalue weighted by Crippen LogP contribution is -2.22. The van der Waals surface area contributed by atoms with Gasteiger partial charge in [-0.3, -0.25) is 4.79 Å². The van der Waals surface area contributed by atoms with E-state index in [2.05, 4.69) is 25.3 Å². The van der Waals surface area contributed by atoms with Gasteiger partial charge in [0.1, 0.15) is 17.7 Å². The lowest BCUT2D eigenvalue weighted by molar-refractivity contribution is 0.0950. The molecule has 0 saturated carbocycles. The molecular formula is C20H18N6O2. The van der Waals surface area contributed by atoms with Crippen LogP contribution in [0, 0.1) is 0 Å². The second-order valence-electron chi connectivity index (χ2n) is 6.10. The zero-order chi connectivity index (χ0) is 19.3. The number of hydrogen-bond acceptors (Lipinski definition) is 6. The number of amides is 1. The standard InChI is InChI=1S/C20H18N6O2/c21-10-15-9-18(25-12-24-15)28-17-5-1-3-14(8-17)20(27)23-11-16-7-13-4-2-6-22-19(13)26-16/h1-9,12H,10-11,21H2,(H,22,26)(H,23,27). The van der Waals surface area contributed by atoms with Crippen LogP contribution < -0.4 is 15.8 Å². The molecule has 0 radical (unpaired) electrons. The fourth-order valence-corrected chi connectivity index (χ4v) is 2.75. The van der Waals surface area contributed by atoms with Crippen LogP contribution in [0.1, 0.15) is 21.7 Å². The molecule has 0 saturated heterocycles. The second kappa shape index (κ2) is 7.85. The number of nitrogens with zero attached hydrogens (tertiary/aromatic N) is 3. The predicted octanol–water partition coefficient (Wildman–Crippen LogP) is 2.53. The van der Waals surface area contributed by atoms with Crippen molar-refractivity contribution in [3.8, 4) is 11.6 Å². The first-order chi connectivity index (χ1) is 13.7. The quantitative estimate of drug-likeness (QED) is 0.477. The normalized spacial score (nSPS) is 10.8. The van der Waals surface area contributed by atoms with E-state index in [-0.39, 0.29) is 5.91 Å². The van der Waals surface area contributed by atoms with Gasteiger partial charge in [-0.1, -0.05) is 6.07 Å². The predicted molar refractivity (Wildman–Crippen MR) is 104 cm³/mol. The Kier molecular flexibility index (Phi) is 4.94. The van der Waals surface area contributed by atoms with Crippen LogP contribution in [-0.4, -0.2) is 25.8 Å². The van der Waals surface area contributed by atoms with Crippen molar-refractivity contribution in [3.63, 3.8) is 0 Å². The number of fused-ring (bicyclic) bond motifs is 1. The molecule has 0 fully saturated rings. The smallest absolute Gasteiger partial charge is 0.251 e. The highest BCUT2D eigenvalue weighted by Crippen LogP contribution is 2.21. The van der Waals surface area contributed by atoms with Gasteiger partial charge in [0, 0.05) is 35.5 Å². The van der Waals surface area contributed by atoms with Gasteiger partial charge in [-0.05, 0) is 36.4 Å². The third-order valence-corrected chi connectivity index (χ3v) is 4.11. The Labute approximate surface area is 160 Å². The third-order valence-electron chi connectivity index (χ3n) is 4.11. The Morgan fingerprint density at radius 3 is 2.89 bits per heavy atom. The number of carbonyl (C=O) groups is 1. The monoisotopic (exact) mass is 374 g/mol. The van der Waals surface area contributed by atoms with Crippen molar-refractivity contribution >= 4 is 16.9 Å². The number of aromatic nitrogens is 4. The molecule has 0 bridgehead atoms. The minimum absolute atomic E-state index is 0.206. The average molecular weight is 374 g/mol. The van der Waals surface area contributed by atoms with Crippen molar-refractivity contribution in [3.05, 3.63) is 78.0 Å². The number of rotatable bonds is 6. The van der Waals surface area contributed by atoms with Crippen LogP contribution in [-0.2, 0) is 13.1 Å². The number of nitrogens with one attached hydrogen (secondary N) is 2. The van der Waals surface area contributed by atoms with E-state index >= 15 is 0 Å². The molecule has 8 heteroatoms. The zero-order valence-corrected chi connectivity index (χ0v) is 14.9. The molecule has 8 nitrogen and oxygen atoms in total. The number of carbonyl (C=O) groups excluding carboxylic acids is 1. The molecule has 140 valence electrons. The van der Waals surface area contributed by atoms with Gasteiger partial charge in [0.15, 0.2) is 0 Å². The molecule has 4 N–H and O–H groups in total. The highest BCUT2D eigenvalue weighted by atomic mass is 16.5. The zero-order valence-electron chi connectivity index (χ0n) is 14.9. The van der Waals surface area contributed by atoms with Gasteiger partial charge in [-0.15, -0.1) is 0 Å². The molecule has 0 spiro atoms. The Hall–Kier alpha value is -3.78. The summed E-state index contributed by atoms with van der Waals surface area (Å²) in [5.74, 6) is 0.671. The summed E-state index contributed by atoms with van der Waals surface area (Å²) in [4.78, 5) is 28.0. The first-order valence-corrected chi connectivity index (χ1v) is 8.71. The van der Waals surface area contributed by atoms with Crippen LogP contribution in [0.15, 0.2) is 61.1 Å². The topological polar surface area (TPSA) is 119 Å². The van der Waals surface area contributed by atoms with Gasteiger partial charge < -0.3 is 20.8 Å². The summed E-state index contributed by atoms with van der Waals surface area (Å²) in [5, 5.41) is 3.89. The maximum atomic E-state index is 12.5. The van der Waals surface area contributed by atoms with E-state index in [0.29, 0.717) is 36.0 Å². The molecule has 0 aliphatic carbocycles. The molecule has 0 atom stereocenters. The summed E-state index contributed by atoms with van der Waals surface area (Å²) in [7, 11) is 0. The molecule has 0 unspecified atom stereocenters. The van der Waals surface area contributed by atoms with Gasteiger partial charge in [0.2, 0.25) is 5.88 Å². The van der Waals surface area contributed by atoms with Crippen molar-refractivity contribution in [1.82, 2.24) is 25.3 Å². The molecule has 0 aliphatic heterocycles. The van der Waals surface area contributed by atoms with E-state index in [9.17, 15) is 4.79 Å². The maximum absolute atomic E-state index is 12.5. The Morgan fingerprint density at radius 1 is 1.11 bits per heavy atom. The summed E-state index contributed by atoms with van der Waals surface area (Å²) in [6.07, 6.45) is 3.12.